The second kappa shape index (κ2) is 4.78. The lowest BCUT2D eigenvalue weighted by molar-refractivity contribution is -0.122. The third-order valence-corrected chi connectivity index (χ3v) is 3.96. The van der Waals surface area contributed by atoms with E-state index in [1.165, 1.54) is 4.90 Å². The van der Waals surface area contributed by atoms with Crippen LogP contribution in [0.3, 0.4) is 0 Å². The summed E-state index contributed by atoms with van der Waals surface area (Å²) in [5, 5.41) is 0. The fraction of sp³-hybridized carbons (Fsp3) is 0.467. The Morgan fingerprint density at radius 2 is 1.89 bits per heavy atom. The zero-order chi connectivity index (χ0) is 13.4. The smallest absolute Gasteiger partial charge is 0.251 e. The van der Waals surface area contributed by atoms with Gasteiger partial charge in [0.1, 0.15) is 0 Å². The van der Waals surface area contributed by atoms with Crippen molar-refractivity contribution in [3.05, 3.63) is 29.8 Å². The summed E-state index contributed by atoms with van der Waals surface area (Å²) < 4.78 is 0. The summed E-state index contributed by atoms with van der Waals surface area (Å²) in [7, 11) is 0. The lowest BCUT2D eigenvalue weighted by Crippen LogP contribution is -2.40. The molecule has 4 nitrogen and oxygen atoms in total. The fourth-order valence-electron chi connectivity index (χ4n) is 2.99. The van der Waals surface area contributed by atoms with Crippen LogP contribution in [-0.2, 0) is 9.59 Å². The standard InChI is InChI=1S/C15H18N2O2/c1-11-5-4-6-12(9-11)17-14(18)10-13(15(17)19)16-7-2-3-8-16/h4-6,9,13H,2-3,7-8,10H2,1H3/t13-/m0/s1. The number of hydrogen-bond donors (Lipinski definition) is 0. The summed E-state index contributed by atoms with van der Waals surface area (Å²) in [6, 6.07) is 7.33. The molecule has 0 bridgehead atoms. The van der Waals surface area contributed by atoms with Gasteiger partial charge in [0.2, 0.25) is 5.91 Å². The highest BCUT2D eigenvalue weighted by Crippen LogP contribution is 2.27. The van der Waals surface area contributed by atoms with E-state index in [1.807, 2.05) is 31.2 Å². The van der Waals surface area contributed by atoms with Crippen molar-refractivity contribution >= 4 is 17.5 Å². The Bertz CT molecular complexity index is 521. The predicted molar refractivity (Wildman–Crippen MR) is 72.9 cm³/mol. The van der Waals surface area contributed by atoms with Gasteiger partial charge in [-0.2, -0.15) is 0 Å². The topological polar surface area (TPSA) is 40.6 Å². The Morgan fingerprint density at radius 3 is 2.58 bits per heavy atom. The minimum atomic E-state index is -0.240. The number of likely N-dealkylation sites (tertiary alicyclic amines) is 1. The van der Waals surface area contributed by atoms with Crippen LogP contribution < -0.4 is 4.90 Å². The van der Waals surface area contributed by atoms with E-state index >= 15 is 0 Å². The van der Waals surface area contributed by atoms with Crippen LogP contribution >= 0.6 is 0 Å². The van der Waals surface area contributed by atoms with E-state index in [1.54, 1.807) is 0 Å². The summed E-state index contributed by atoms with van der Waals surface area (Å²) >= 11 is 0. The van der Waals surface area contributed by atoms with Crippen molar-refractivity contribution in [2.45, 2.75) is 32.2 Å². The lowest BCUT2D eigenvalue weighted by atomic mass is 10.2. The van der Waals surface area contributed by atoms with Crippen LogP contribution in [-0.4, -0.2) is 35.8 Å². The van der Waals surface area contributed by atoms with Crippen molar-refractivity contribution in [1.82, 2.24) is 4.90 Å². The van der Waals surface area contributed by atoms with Crippen molar-refractivity contribution < 1.29 is 9.59 Å². The quantitative estimate of drug-likeness (QED) is 0.758. The van der Waals surface area contributed by atoms with Crippen molar-refractivity contribution in [2.75, 3.05) is 18.0 Å². The highest BCUT2D eigenvalue weighted by atomic mass is 16.2. The number of imide groups is 1. The maximum atomic E-state index is 12.5. The van der Waals surface area contributed by atoms with Crippen LogP contribution in [0.1, 0.15) is 24.8 Å². The molecule has 0 saturated carbocycles. The Morgan fingerprint density at radius 1 is 1.16 bits per heavy atom. The average molecular weight is 258 g/mol. The van der Waals surface area contributed by atoms with E-state index in [0.29, 0.717) is 12.1 Å². The molecule has 2 amide bonds. The SMILES string of the molecule is Cc1cccc(N2C(=O)C[C@H](N3CCCC3)C2=O)c1. The zero-order valence-electron chi connectivity index (χ0n) is 11.1. The normalized spacial score (nSPS) is 24.5. The number of carbonyl (C=O) groups excluding carboxylic acids is 2. The third-order valence-electron chi connectivity index (χ3n) is 3.96. The summed E-state index contributed by atoms with van der Waals surface area (Å²) in [6.07, 6.45) is 2.58. The largest absolute Gasteiger partial charge is 0.292 e. The maximum Gasteiger partial charge on any atom is 0.251 e. The van der Waals surface area contributed by atoms with Crippen LogP contribution in [0.15, 0.2) is 24.3 Å². The van der Waals surface area contributed by atoms with Crippen molar-refractivity contribution in [1.29, 1.82) is 0 Å². The number of aryl methyl sites for hydroxylation is 1. The van der Waals surface area contributed by atoms with E-state index in [9.17, 15) is 9.59 Å². The zero-order valence-corrected chi connectivity index (χ0v) is 11.1. The number of carbonyl (C=O) groups is 2. The minimum Gasteiger partial charge on any atom is -0.292 e. The van der Waals surface area contributed by atoms with E-state index < -0.39 is 0 Å². The van der Waals surface area contributed by atoms with E-state index in [2.05, 4.69) is 4.90 Å². The van der Waals surface area contributed by atoms with Gasteiger partial charge >= 0.3 is 0 Å². The molecule has 0 aromatic heterocycles. The Hall–Kier alpha value is -1.68. The Kier molecular flexibility index (Phi) is 3.11. The summed E-state index contributed by atoms with van der Waals surface area (Å²) in [4.78, 5) is 28.1. The highest BCUT2D eigenvalue weighted by Gasteiger charge is 2.43. The molecule has 19 heavy (non-hydrogen) atoms. The lowest BCUT2D eigenvalue weighted by Gasteiger charge is -2.21. The molecular weight excluding hydrogens is 240 g/mol. The summed E-state index contributed by atoms with van der Waals surface area (Å²) in [5.41, 5.74) is 1.76. The molecule has 1 atom stereocenters. The van der Waals surface area contributed by atoms with Gasteiger partial charge in [0.05, 0.1) is 18.2 Å². The van der Waals surface area contributed by atoms with Gasteiger partial charge in [-0.15, -0.1) is 0 Å². The fourth-order valence-corrected chi connectivity index (χ4v) is 2.99. The van der Waals surface area contributed by atoms with Crippen LogP contribution in [0.5, 0.6) is 0 Å². The molecule has 100 valence electrons. The molecule has 3 rings (SSSR count). The van der Waals surface area contributed by atoms with Gasteiger partial charge in [-0.1, -0.05) is 12.1 Å². The number of nitrogens with zero attached hydrogens (tertiary/aromatic N) is 2. The number of amides is 2. The van der Waals surface area contributed by atoms with E-state index in [0.717, 1.165) is 31.5 Å². The number of anilines is 1. The first-order valence-corrected chi connectivity index (χ1v) is 6.84. The van der Waals surface area contributed by atoms with E-state index in [4.69, 9.17) is 0 Å². The van der Waals surface area contributed by atoms with Crippen LogP contribution in [0.25, 0.3) is 0 Å². The molecule has 0 unspecified atom stereocenters. The Balaban J connectivity index is 1.86. The molecule has 1 aromatic carbocycles. The predicted octanol–water partition coefficient (Wildman–Crippen LogP) is 1.72. The molecule has 2 heterocycles. The van der Waals surface area contributed by atoms with Crippen LogP contribution in [0.2, 0.25) is 0 Å². The van der Waals surface area contributed by atoms with Crippen molar-refractivity contribution in [3.8, 4) is 0 Å². The monoisotopic (exact) mass is 258 g/mol. The molecular formula is C15H18N2O2. The molecule has 2 saturated heterocycles. The summed E-state index contributed by atoms with van der Waals surface area (Å²) in [6.45, 7) is 3.84. The molecule has 4 heteroatoms. The van der Waals surface area contributed by atoms with Gasteiger partial charge in [-0.25, -0.2) is 4.90 Å². The summed E-state index contributed by atoms with van der Waals surface area (Å²) in [5.74, 6) is -0.134. The molecule has 0 radical (unpaired) electrons. The van der Waals surface area contributed by atoms with Gasteiger partial charge in [0.25, 0.3) is 5.91 Å². The Labute approximate surface area is 113 Å². The molecule has 0 aliphatic carbocycles. The first-order valence-electron chi connectivity index (χ1n) is 6.84. The highest BCUT2D eigenvalue weighted by molar-refractivity contribution is 6.22. The minimum absolute atomic E-state index is 0.0579. The van der Waals surface area contributed by atoms with Gasteiger partial charge in [0.15, 0.2) is 0 Å². The molecule has 2 aliphatic rings. The van der Waals surface area contributed by atoms with Crippen molar-refractivity contribution in [2.24, 2.45) is 0 Å². The molecule has 0 N–H and O–H groups in total. The number of benzene rings is 1. The van der Waals surface area contributed by atoms with Gasteiger partial charge in [-0.05, 0) is 50.6 Å². The van der Waals surface area contributed by atoms with Crippen LogP contribution in [0.4, 0.5) is 5.69 Å². The first kappa shape index (κ1) is 12.4. The molecule has 2 fully saturated rings. The number of hydrogen-bond acceptors (Lipinski definition) is 3. The van der Waals surface area contributed by atoms with E-state index in [-0.39, 0.29) is 17.9 Å². The first-order chi connectivity index (χ1) is 9.16. The second-order valence-electron chi connectivity index (χ2n) is 5.37. The van der Waals surface area contributed by atoms with Gasteiger partial charge < -0.3 is 0 Å². The number of rotatable bonds is 2. The second-order valence-corrected chi connectivity index (χ2v) is 5.37. The van der Waals surface area contributed by atoms with Gasteiger partial charge in [0, 0.05) is 0 Å². The molecule has 2 aliphatic heterocycles. The molecule has 1 aromatic rings. The van der Waals surface area contributed by atoms with Gasteiger partial charge in [-0.3, -0.25) is 14.5 Å². The third kappa shape index (κ3) is 2.16. The molecule has 0 spiro atoms. The van der Waals surface area contributed by atoms with Crippen molar-refractivity contribution in [3.63, 3.8) is 0 Å². The maximum absolute atomic E-state index is 12.5. The van der Waals surface area contributed by atoms with Crippen LogP contribution in [0, 0.1) is 6.92 Å². The average Bonchev–Trinajstić information content (AvgIpc) is 2.97.